The number of sulfonamides is 1. The monoisotopic (exact) mass is 342 g/mol. The minimum atomic E-state index is -3.65. The van der Waals surface area contributed by atoms with Crippen LogP contribution in [0.1, 0.15) is 5.56 Å². The third-order valence-electron chi connectivity index (χ3n) is 3.85. The summed E-state index contributed by atoms with van der Waals surface area (Å²) in [5, 5.41) is 0.553. The predicted molar refractivity (Wildman–Crippen MR) is 93.4 cm³/mol. The van der Waals surface area contributed by atoms with Crippen LogP contribution in [0.3, 0.4) is 0 Å². The lowest BCUT2D eigenvalue weighted by molar-refractivity contribution is 0.418. The predicted octanol–water partition coefficient (Wildman–Crippen LogP) is 3.06. The third kappa shape index (κ3) is 2.98. The van der Waals surface area contributed by atoms with Gasteiger partial charge in [-0.05, 0) is 29.8 Å². The molecular weight excluding hydrogens is 324 g/mol. The Kier molecular flexibility index (Phi) is 4.51. The van der Waals surface area contributed by atoms with Crippen molar-refractivity contribution < 1.29 is 13.2 Å². The minimum absolute atomic E-state index is 0.227. The van der Waals surface area contributed by atoms with Crippen molar-refractivity contribution in [2.45, 2.75) is 11.4 Å². The van der Waals surface area contributed by atoms with Crippen LogP contribution in [0.15, 0.2) is 65.7 Å². The number of hydrogen-bond donors (Lipinski definition) is 0. The lowest BCUT2D eigenvalue weighted by Crippen LogP contribution is -2.26. The van der Waals surface area contributed by atoms with Crippen molar-refractivity contribution >= 4 is 20.9 Å². The Hall–Kier alpha value is -2.44. The molecule has 0 N–H and O–H groups in total. The van der Waals surface area contributed by atoms with E-state index in [2.05, 4.69) is 4.98 Å². The van der Waals surface area contributed by atoms with E-state index in [-0.39, 0.29) is 4.90 Å². The first-order valence-corrected chi connectivity index (χ1v) is 8.90. The van der Waals surface area contributed by atoms with Crippen molar-refractivity contribution in [2.24, 2.45) is 0 Å². The van der Waals surface area contributed by atoms with E-state index in [9.17, 15) is 8.42 Å². The van der Waals surface area contributed by atoms with E-state index in [1.54, 1.807) is 44.6 Å². The normalized spacial score (nSPS) is 11.8. The Morgan fingerprint density at radius 2 is 1.79 bits per heavy atom. The van der Waals surface area contributed by atoms with Crippen molar-refractivity contribution in [1.82, 2.24) is 9.29 Å². The summed E-state index contributed by atoms with van der Waals surface area (Å²) in [6, 6.07) is 16.2. The molecular formula is C18H18N2O3S. The van der Waals surface area contributed by atoms with Gasteiger partial charge in [-0.25, -0.2) is 8.42 Å². The molecule has 5 nitrogen and oxygen atoms in total. The second kappa shape index (κ2) is 6.59. The number of methoxy groups -OCH3 is 1. The van der Waals surface area contributed by atoms with Gasteiger partial charge in [-0.1, -0.05) is 30.3 Å². The summed E-state index contributed by atoms with van der Waals surface area (Å²) in [5.74, 6) is 0.551. The molecule has 3 rings (SSSR count). The van der Waals surface area contributed by atoms with Crippen molar-refractivity contribution in [3.63, 3.8) is 0 Å². The van der Waals surface area contributed by atoms with Crippen LogP contribution in [-0.4, -0.2) is 31.9 Å². The molecule has 1 aromatic heterocycles. The zero-order valence-electron chi connectivity index (χ0n) is 13.5. The van der Waals surface area contributed by atoms with E-state index in [1.807, 2.05) is 30.3 Å². The summed E-state index contributed by atoms with van der Waals surface area (Å²) in [4.78, 5) is 4.49. The molecule has 0 aliphatic carbocycles. The summed E-state index contributed by atoms with van der Waals surface area (Å²) < 4.78 is 32.6. The molecule has 0 aliphatic heterocycles. The molecule has 0 spiro atoms. The summed E-state index contributed by atoms with van der Waals surface area (Å²) in [6.45, 7) is 0.303. The fraction of sp³-hybridized carbons (Fsp3) is 0.167. The van der Waals surface area contributed by atoms with Crippen LogP contribution in [0.2, 0.25) is 0 Å². The van der Waals surface area contributed by atoms with Gasteiger partial charge in [0.2, 0.25) is 10.0 Å². The number of benzene rings is 2. The molecule has 3 aromatic rings. The molecule has 124 valence electrons. The highest BCUT2D eigenvalue weighted by atomic mass is 32.2. The summed E-state index contributed by atoms with van der Waals surface area (Å²) in [5.41, 5.74) is 1.47. The van der Waals surface area contributed by atoms with Crippen LogP contribution in [0.25, 0.3) is 10.9 Å². The molecule has 0 saturated heterocycles. The number of hydrogen-bond acceptors (Lipinski definition) is 4. The van der Waals surface area contributed by atoms with Crippen LogP contribution < -0.4 is 4.74 Å². The van der Waals surface area contributed by atoms with Gasteiger partial charge in [-0.3, -0.25) is 4.98 Å². The number of pyridine rings is 1. The molecule has 0 radical (unpaired) electrons. The lowest BCUT2D eigenvalue weighted by atomic mass is 10.2. The Balaban J connectivity index is 2.05. The first-order valence-electron chi connectivity index (χ1n) is 7.46. The van der Waals surface area contributed by atoms with Crippen LogP contribution in [0, 0.1) is 0 Å². The molecule has 2 aromatic carbocycles. The van der Waals surface area contributed by atoms with Crippen LogP contribution in [0.4, 0.5) is 0 Å². The highest BCUT2D eigenvalue weighted by Gasteiger charge is 2.24. The fourth-order valence-corrected chi connectivity index (χ4v) is 3.94. The molecule has 0 atom stereocenters. The van der Waals surface area contributed by atoms with Crippen molar-refractivity contribution in [1.29, 1.82) is 0 Å². The Bertz CT molecular complexity index is 956. The molecule has 1 heterocycles. The quantitative estimate of drug-likeness (QED) is 0.715. The van der Waals surface area contributed by atoms with Gasteiger partial charge in [-0.2, -0.15) is 4.31 Å². The van der Waals surface area contributed by atoms with Gasteiger partial charge in [0.25, 0.3) is 0 Å². The van der Waals surface area contributed by atoms with Gasteiger partial charge in [0, 0.05) is 25.2 Å². The van der Waals surface area contributed by atoms with Crippen molar-refractivity contribution in [3.05, 3.63) is 66.4 Å². The average molecular weight is 342 g/mol. The maximum Gasteiger partial charge on any atom is 0.243 e. The molecule has 0 unspecified atom stereocenters. The van der Waals surface area contributed by atoms with Gasteiger partial charge >= 0.3 is 0 Å². The van der Waals surface area contributed by atoms with Gasteiger partial charge in [0.05, 0.1) is 12.0 Å². The van der Waals surface area contributed by atoms with Gasteiger partial charge in [-0.15, -0.1) is 0 Å². The average Bonchev–Trinajstić information content (AvgIpc) is 2.61. The number of aromatic nitrogens is 1. The number of rotatable bonds is 5. The smallest absolute Gasteiger partial charge is 0.243 e. The SMILES string of the molecule is COc1ccc(S(=O)(=O)N(C)Cc2ccccc2)c2cccnc12. The highest BCUT2D eigenvalue weighted by Crippen LogP contribution is 2.30. The summed E-state index contributed by atoms with van der Waals surface area (Å²) in [7, 11) is -0.532. The standard InChI is InChI=1S/C18H18N2O3S/c1-20(13-14-7-4-3-5-8-14)24(21,22)17-11-10-16(23-2)18-15(17)9-6-12-19-18/h3-12H,13H2,1-2H3. The second-order valence-corrected chi connectivity index (χ2v) is 7.43. The topological polar surface area (TPSA) is 59.5 Å². The molecule has 0 fully saturated rings. The van der Waals surface area contributed by atoms with E-state index in [0.29, 0.717) is 23.2 Å². The van der Waals surface area contributed by atoms with Crippen LogP contribution in [-0.2, 0) is 16.6 Å². The number of nitrogens with zero attached hydrogens (tertiary/aromatic N) is 2. The molecule has 6 heteroatoms. The lowest BCUT2D eigenvalue weighted by Gasteiger charge is -2.19. The largest absolute Gasteiger partial charge is 0.494 e. The summed E-state index contributed by atoms with van der Waals surface area (Å²) in [6.07, 6.45) is 1.62. The maximum atomic E-state index is 13.0. The Morgan fingerprint density at radius 1 is 1.04 bits per heavy atom. The Labute approximate surface area is 141 Å². The van der Waals surface area contributed by atoms with E-state index < -0.39 is 10.0 Å². The van der Waals surface area contributed by atoms with Crippen LogP contribution >= 0.6 is 0 Å². The molecule has 0 bridgehead atoms. The minimum Gasteiger partial charge on any atom is -0.494 e. The number of fused-ring (bicyclic) bond motifs is 1. The fourth-order valence-electron chi connectivity index (χ4n) is 2.60. The summed E-state index contributed by atoms with van der Waals surface area (Å²) >= 11 is 0. The first kappa shape index (κ1) is 16.4. The van der Waals surface area contributed by atoms with Gasteiger partial charge in [0.15, 0.2) is 0 Å². The van der Waals surface area contributed by atoms with E-state index >= 15 is 0 Å². The Morgan fingerprint density at radius 3 is 2.50 bits per heavy atom. The zero-order chi connectivity index (χ0) is 17.2. The molecule has 24 heavy (non-hydrogen) atoms. The molecule has 0 saturated carbocycles. The van der Waals surface area contributed by atoms with Crippen molar-refractivity contribution in [3.8, 4) is 5.75 Å². The van der Waals surface area contributed by atoms with Gasteiger partial charge < -0.3 is 4.74 Å². The maximum absolute atomic E-state index is 13.0. The zero-order valence-corrected chi connectivity index (χ0v) is 14.3. The van der Waals surface area contributed by atoms with Crippen molar-refractivity contribution in [2.75, 3.05) is 14.2 Å². The van der Waals surface area contributed by atoms with Crippen LogP contribution in [0.5, 0.6) is 5.75 Å². The van der Waals surface area contributed by atoms with E-state index in [4.69, 9.17) is 4.74 Å². The first-order chi connectivity index (χ1) is 11.5. The number of ether oxygens (including phenoxy) is 1. The third-order valence-corrected chi connectivity index (χ3v) is 5.71. The second-order valence-electron chi connectivity index (χ2n) is 5.41. The highest BCUT2D eigenvalue weighted by molar-refractivity contribution is 7.89. The van der Waals surface area contributed by atoms with Gasteiger partial charge in [0.1, 0.15) is 11.3 Å². The van der Waals surface area contributed by atoms with E-state index in [1.165, 1.54) is 4.31 Å². The molecule has 0 amide bonds. The molecule has 0 aliphatic rings. The van der Waals surface area contributed by atoms with E-state index in [0.717, 1.165) is 5.56 Å².